The van der Waals surface area contributed by atoms with Crippen LogP contribution in [0, 0.1) is 0 Å². The Labute approximate surface area is 158 Å². The summed E-state index contributed by atoms with van der Waals surface area (Å²) in [7, 11) is 3.45. The van der Waals surface area contributed by atoms with Crippen molar-refractivity contribution in [3.8, 4) is 0 Å². The Morgan fingerprint density at radius 1 is 1.07 bits per heavy atom. The molecular formula is C20H24N4O3. The summed E-state index contributed by atoms with van der Waals surface area (Å²) in [6.45, 7) is 4.35. The number of nitrogens with zero attached hydrogens (tertiary/aromatic N) is 3. The Kier molecular flexibility index (Phi) is 6.03. The number of aromatic nitrogens is 1. The van der Waals surface area contributed by atoms with Gasteiger partial charge in [-0.3, -0.25) is 4.79 Å². The van der Waals surface area contributed by atoms with Crippen molar-refractivity contribution in [2.75, 3.05) is 45.2 Å². The highest BCUT2D eigenvalue weighted by atomic mass is 16.5. The first-order valence-corrected chi connectivity index (χ1v) is 8.92. The first kappa shape index (κ1) is 18.8. The maximum Gasteiger partial charge on any atom is 0.337 e. The first-order chi connectivity index (χ1) is 13.1. The highest BCUT2D eigenvalue weighted by molar-refractivity contribution is 5.96. The molecule has 1 amide bonds. The number of hydrogen-bond acceptors (Lipinski definition) is 6. The number of likely N-dealkylation sites (N-methyl/N-ethyl adjacent to an activating group) is 1. The average molecular weight is 368 g/mol. The maximum atomic E-state index is 12.3. The number of pyridine rings is 1. The van der Waals surface area contributed by atoms with Crippen molar-refractivity contribution in [2.24, 2.45) is 0 Å². The highest BCUT2D eigenvalue weighted by Gasteiger charge is 2.15. The molecule has 1 aliphatic rings. The van der Waals surface area contributed by atoms with Crippen LogP contribution >= 0.6 is 0 Å². The van der Waals surface area contributed by atoms with Crippen molar-refractivity contribution in [2.45, 2.75) is 6.54 Å². The molecule has 0 unspecified atom stereocenters. The zero-order valence-corrected chi connectivity index (χ0v) is 15.6. The molecule has 142 valence electrons. The van der Waals surface area contributed by atoms with E-state index in [1.165, 1.54) is 7.11 Å². The Balaban J connectivity index is 1.59. The number of nitrogens with one attached hydrogen (secondary N) is 1. The van der Waals surface area contributed by atoms with Crippen LogP contribution in [0.25, 0.3) is 0 Å². The Hall–Kier alpha value is -2.93. The van der Waals surface area contributed by atoms with Crippen molar-refractivity contribution in [1.82, 2.24) is 15.2 Å². The molecule has 0 saturated carbocycles. The van der Waals surface area contributed by atoms with Crippen molar-refractivity contribution < 1.29 is 14.3 Å². The van der Waals surface area contributed by atoms with E-state index in [4.69, 9.17) is 0 Å². The van der Waals surface area contributed by atoms with E-state index < -0.39 is 5.97 Å². The number of amides is 1. The van der Waals surface area contributed by atoms with Crippen molar-refractivity contribution in [3.05, 3.63) is 59.3 Å². The molecule has 0 bridgehead atoms. The predicted molar refractivity (Wildman–Crippen MR) is 103 cm³/mol. The second kappa shape index (κ2) is 8.64. The van der Waals surface area contributed by atoms with Crippen LogP contribution < -0.4 is 10.2 Å². The molecule has 0 atom stereocenters. The van der Waals surface area contributed by atoms with E-state index in [9.17, 15) is 9.59 Å². The lowest BCUT2D eigenvalue weighted by atomic mass is 10.1. The second-order valence-corrected chi connectivity index (χ2v) is 6.56. The van der Waals surface area contributed by atoms with E-state index in [0.717, 1.165) is 37.6 Å². The van der Waals surface area contributed by atoms with E-state index in [1.807, 2.05) is 12.1 Å². The molecule has 1 N–H and O–H groups in total. The highest BCUT2D eigenvalue weighted by Crippen LogP contribution is 2.15. The van der Waals surface area contributed by atoms with Gasteiger partial charge in [-0.25, -0.2) is 9.78 Å². The molecule has 0 spiro atoms. The number of ether oxygens (including phenoxy) is 1. The molecule has 2 aromatic rings. The number of carbonyl (C=O) groups excluding carboxylic acids is 2. The van der Waals surface area contributed by atoms with Gasteiger partial charge >= 0.3 is 5.97 Å². The number of carbonyl (C=O) groups is 2. The van der Waals surface area contributed by atoms with Gasteiger partial charge in [0.2, 0.25) is 0 Å². The molecule has 0 aliphatic carbocycles. The van der Waals surface area contributed by atoms with Crippen LogP contribution in [0.15, 0.2) is 42.6 Å². The zero-order chi connectivity index (χ0) is 19.2. The number of methoxy groups -OCH3 is 1. The normalized spacial score (nSPS) is 14.7. The average Bonchev–Trinajstić information content (AvgIpc) is 2.72. The molecular weight excluding hydrogens is 344 g/mol. The summed E-state index contributed by atoms with van der Waals surface area (Å²) in [4.78, 5) is 32.8. The van der Waals surface area contributed by atoms with Crippen LogP contribution in [0.2, 0.25) is 0 Å². The SMILES string of the molecule is COC(=O)c1ccc(C(=O)NCc2ccnc(N3CCN(C)CC3)c2)cc1. The van der Waals surface area contributed by atoms with E-state index in [0.29, 0.717) is 17.7 Å². The third-order valence-corrected chi connectivity index (χ3v) is 4.66. The van der Waals surface area contributed by atoms with Gasteiger partial charge in [-0.05, 0) is 49.0 Å². The fourth-order valence-electron chi connectivity index (χ4n) is 2.94. The predicted octanol–water partition coefficient (Wildman–Crippen LogP) is 1.55. The molecule has 2 heterocycles. The zero-order valence-electron chi connectivity index (χ0n) is 15.6. The van der Waals surface area contributed by atoms with Crippen LogP contribution in [-0.4, -0.2) is 62.1 Å². The van der Waals surface area contributed by atoms with Crippen LogP contribution in [-0.2, 0) is 11.3 Å². The topological polar surface area (TPSA) is 74.8 Å². The lowest BCUT2D eigenvalue weighted by molar-refractivity contribution is 0.0600. The molecule has 27 heavy (non-hydrogen) atoms. The van der Waals surface area contributed by atoms with Crippen LogP contribution in [0.5, 0.6) is 0 Å². The fraction of sp³-hybridized carbons (Fsp3) is 0.350. The van der Waals surface area contributed by atoms with Gasteiger partial charge in [-0.15, -0.1) is 0 Å². The van der Waals surface area contributed by atoms with Crippen LogP contribution in [0.3, 0.4) is 0 Å². The van der Waals surface area contributed by atoms with Gasteiger partial charge in [0.1, 0.15) is 5.82 Å². The Morgan fingerprint density at radius 2 is 1.74 bits per heavy atom. The quantitative estimate of drug-likeness (QED) is 0.807. The number of hydrogen-bond donors (Lipinski definition) is 1. The van der Waals surface area contributed by atoms with Crippen molar-refractivity contribution in [3.63, 3.8) is 0 Å². The van der Waals surface area contributed by atoms with Crippen molar-refractivity contribution in [1.29, 1.82) is 0 Å². The summed E-state index contributed by atoms with van der Waals surface area (Å²) >= 11 is 0. The molecule has 0 radical (unpaired) electrons. The lowest BCUT2D eigenvalue weighted by Crippen LogP contribution is -2.44. The molecule has 1 aliphatic heterocycles. The van der Waals surface area contributed by atoms with Gasteiger partial charge in [-0.2, -0.15) is 0 Å². The number of piperazine rings is 1. The molecule has 1 aromatic heterocycles. The van der Waals surface area contributed by atoms with E-state index >= 15 is 0 Å². The molecule has 1 saturated heterocycles. The van der Waals surface area contributed by atoms with Gasteiger partial charge in [0, 0.05) is 44.5 Å². The molecule has 1 aromatic carbocycles. The van der Waals surface area contributed by atoms with E-state index in [-0.39, 0.29) is 5.91 Å². The summed E-state index contributed by atoms with van der Waals surface area (Å²) in [5, 5.41) is 2.91. The fourth-order valence-corrected chi connectivity index (χ4v) is 2.94. The summed E-state index contributed by atoms with van der Waals surface area (Å²) < 4.78 is 4.66. The van der Waals surface area contributed by atoms with Crippen LogP contribution in [0.1, 0.15) is 26.3 Å². The minimum absolute atomic E-state index is 0.190. The maximum absolute atomic E-state index is 12.3. The minimum Gasteiger partial charge on any atom is -0.465 e. The molecule has 7 nitrogen and oxygen atoms in total. The lowest BCUT2D eigenvalue weighted by Gasteiger charge is -2.33. The molecule has 7 heteroatoms. The number of anilines is 1. The largest absolute Gasteiger partial charge is 0.465 e. The van der Waals surface area contributed by atoms with Gasteiger partial charge in [-0.1, -0.05) is 0 Å². The van der Waals surface area contributed by atoms with E-state index in [2.05, 4.69) is 31.9 Å². The van der Waals surface area contributed by atoms with Crippen LogP contribution in [0.4, 0.5) is 5.82 Å². The monoisotopic (exact) mass is 368 g/mol. The van der Waals surface area contributed by atoms with E-state index in [1.54, 1.807) is 30.5 Å². The number of benzene rings is 1. The van der Waals surface area contributed by atoms with Gasteiger partial charge in [0.25, 0.3) is 5.91 Å². The third-order valence-electron chi connectivity index (χ3n) is 4.66. The van der Waals surface area contributed by atoms with Gasteiger partial charge in [0.05, 0.1) is 12.7 Å². The summed E-state index contributed by atoms with van der Waals surface area (Å²) in [5.41, 5.74) is 1.91. The second-order valence-electron chi connectivity index (χ2n) is 6.56. The number of rotatable bonds is 5. The summed E-state index contributed by atoms with van der Waals surface area (Å²) in [6, 6.07) is 10.3. The molecule has 3 rings (SSSR count). The number of esters is 1. The Morgan fingerprint density at radius 3 is 2.41 bits per heavy atom. The third kappa shape index (κ3) is 4.83. The minimum atomic E-state index is -0.421. The van der Waals surface area contributed by atoms with Gasteiger partial charge in [0.15, 0.2) is 0 Å². The molecule has 1 fully saturated rings. The first-order valence-electron chi connectivity index (χ1n) is 8.92. The van der Waals surface area contributed by atoms with Crippen molar-refractivity contribution >= 4 is 17.7 Å². The van der Waals surface area contributed by atoms with Gasteiger partial charge < -0.3 is 19.9 Å². The Bertz CT molecular complexity index is 799. The summed E-state index contributed by atoms with van der Waals surface area (Å²) in [5.74, 6) is 0.330. The smallest absolute Gasteiger partial charge is 0.337 e. The summed E-state index contributed by atoms with van der Waals surface area (Å²) in [6.07, 6.45) is 1.78. The standard InChI is InChI=1S/C20H24N4O3/c1-23-9-11-24(12-10-23)18-13-15(7-8-21-18)14-22-19(25)16-3-5-17(6-4-16)20(26)27-2/h3-8,13H,9-12,14H2,1-2H3,(H,22,25).